The van der Waals surface area contributed by atoms with Crippen molar-refractivity contribution in [2.45, 2.75) is 410 Å². The van der Waals surface area contributed by atoms with Crippen LogP contribution < -0.4 is 5.32 Å². The van der Waals surface area contributed by atoms with Crippen LogP contribution in [0.4, 0.5) is 0 Å². The Hall–Kier alpha value is -1.07. The number of ether oxygens (including phenoxy) is 2. The van der Waals surface area contributed by atoms with Crippen LogP contribution >= 0.6 is 0 Å². The molecule has 9 heteroatoms. The van der Waals surface area contributed by atoms with E-state index in [9.17, 15) is 30.3 Å². The van der Waals surface area contributed by atoms with Crippen LogP contribution in [0.5, 0.6) is 0 Å². The molecule has 0 spiro atoms. The average molecular weight is 1110 g/mol. The van der Waals surface area contributed by atoms with Gasteiger partial charge in [0.2, 0.25) is 5.91 Å². The molecule has 0 aromatic rings. The van der Waals surface area contributed by atoms with Crippen LogP contribution in [0.3, 0.4) is 0 Å². The van der Waals surface area contributed by atoms with Crippen molar-refractivity contribution >= 4 is 5.91 Å². The molecule has 1 aliphatic heterocycles. The molecule has 1 amide bonds. The normalized spacial score (nSPS) is 18.6. The minimum Gasteiger partial charge on any atom is -0.394 e. The van der Waals surface area contributed by atoms with Crippen LogP contribution in [0.25, 0.3) is 0 Å². The number of aliphatic hydroxyl groups excluding tert-OH is 5. The summed E-state index contributed by atoms with van der Waals surface area (Å²) < 4.78 is 11.4. The Morgan fingerprint density at radius 3 is 1.04 bits per heavy atom. The number of hydrogen-bond acceptors (Lipinski definition) is 8. The molecule has 0 radical (unpaired) electrons. The molecule has 1 saturated heterocycles. The van der Waals surface area contributed by atoms with Gasteiger partial charge in [0.1, 0.15) is 24.4 Å². The molecule has 7 unspecified atom stereocenters. The molecule has 7 atom stereocenters. The third-order valence-corrected chi connectivity index (χ3v) is 17.1. The number of nitrogens with one attached hydrogen (secondary N) is 1. The minimum atomic E-state index is -1.55. The van der Waals surface area contributed by atoms with Gasteiger partial charge in [0.05, 0.1) is 25.4 Å². The summed E-state index contributed by atoms with van der Waals surface area (Å²) in [5.74, 6) is -0.135. The van der Waals surface area contributed by atoms with Crippen molar-refractivity contribution in [3.8, 4) is 0 Å². The Labute approximate surface area is 484 Å². The Bertz CT molecular complexity index is 1240. The maximum atomic E-state index is 13.1. The number of carbonyl (C=O) groups is 1. The van der Waals surface area contributed by atoms with Gasteiger partial charge in [-0.3, -0.25) is 4.79 Å². The smallest absolute Gasteiger partial charge is 0.220 e. The zero-order valence-corrected chi connectivity index (χ0v) is 52.0. The predicted octanol–water partition coefficient (Wildman–Crippen LogP) is 18.7. The van der Waals surface area contributed by atoms with E-state index in [1.165, 1.54) is 302 Å². The van der Waals surface area contributed by atoms with E-state index in [-0.39, 0.29) is 12.5 Å². The van der Waals surface area contributed by atoms with E-state index in [0.29, 0.717) is 12.8 Å². The molecule has 78 heavy (non-hydrogen) atoms. The van der Waals surface area contributed by atoms with E-state index in [1.807, 2.05) is 0 Å². The van der Waals surface area contributed by atoms with Crippen molar-refractivity contribution in [1.29, 1.82) is 0 Å². The molecule has 1 aliphatic rings. The minimum absolute atomic E-state index is 0.132. The second-order valence-electron chi connectivity index (χ2n) is 24.7. The molecule has 9 nitrogen and oxygen atoms in total. The summed E-state index contributed by atoms with van der Waals surface area (Å²) >= 11 is 0. The summed E-state index contributed by atoms with van der Waals surface area (Å²) in [5.41, 5.74) is 0. The SMILES string of the molecule is CCCCCCCCCC/C=C\CCCCCCCCCCCCCCCCCCCCCCCC(=O)NC(COC1OC(CO)C(O)C(O)C1O)C(O)CCCCCCCCCCCCCCCCCCCCCCCC. The first-order valence-electron chi connectivity index (χ1n) is 34.9. The van der Waals surface area contributed by atoms with Crippen LogP contribution in [-0.2, 0) is 14.3 Å². The van der Waals surface area contributed by atoms with Gasteiger partial charge in [-0.05, 0) is 38.5 Å². The fraction of sp³-hybridized carbons (Fsp3) is 0.957. The van der Waals surface area contributed by atoms with Crippen LogP contribution in [0, 0.1) is 0 Å². The summed E-state index contributed by atoms with van der Waals surface area (Å²) in [6.07, 6.45) is 68.5. The molecule has 1 rings (SSSR count). The quantitative estimate of drug-likeness (QED) is 0.0261. The van der Waals surface area contributed by atoms with Crippen LogP contribution in [0.1, 0.15) is 367 Å². The van der Waals surface area contributed by atoms with Gasteiger partial charge in [-0.15, -0.1) is 0 Å². The lowest BCUT2D eigenvalue weighted by Crippen LogP contribution is -2.60. The number of amides is 1. The first-order valence-corrected chi connectivity index (χ1v) is 34.9. The fourth-order valence-electron chi connectivity index (χ4n) is 11.6. The molecular weight excluding hydrogens is 971 g/mol. The highest BCUT2D eigenvalue weighted by molar-refractivity contribution is 5.76. The molecule has 0 aromatic heterocycles. The maximum Gasteiger partial charge on any atom is 0.220 e. The lowest BCUT2D eigenvalue weighted by Gasteiger charge is -2.40. The molecule has 0 saturated carbocycles. The summed E-state index contributed by atoms with van der Waals surface area (Å²) in [4.78, 5) is 13.1. The number of rotatable bonds is 62. The van der Waals surface area contributed by atoms with Gasteiger partial charge in [-0.25, -0.2) is 0 Å². The van der Waals surface area contributed by atoms with Crippen LogP contribution in [0.15, 0.2) is 12.2 Å². The summed E-state index contributed by atoms with van der Waals surface area (Å²) in [7, 11) is 0. The highest BCUT2D eigenvalue weighted by Gasteiger charge is 2.44. The topological polar surface area (TPSA) is 149 Å². The highest BCUT2D eigenvalue weighted by atomic mass is 16.7. The Morgan fingerprint density at radius 2 is 0.718 bits per heavy atom. The molecule has 6 N–H and O–H groups in total. The van der Waals surface area contributed by atoms with Crippen molar-refractivity contribution < 1.29 is 39.8 Å². The van der Waals surface area contributed by atoms with E-state index in [2.05, 4.69) is 31.3 Å². The van der Waals surface area contributed by atoms with Crippen molar-refractivity contribution in [3.63, 3.8) is 0 Å². The number of allylic oxidation sites excluding steroid dienone is 2. The zero-order chi connectivity index (χ0) is 56.5. The van der Waals surface area contributed by atoms with Crippen LogP contribution in [-0.4, -0.2) is 87.5 Å². The third-order valence-electron chi connectivity index (χ3n) is 17.1. The Kier molecular flexibility index (Phi) is 56.8. The first-order chi connectivity index (χ1) is 38.3. The van der Waals surface area contributed by atoms with Gasteiger partial charge in [0.25, 0.3) is 0 Å². The molecule has 1 fully saturated rings. The van der Waals surface area contributed by atoms with Gasteiger partial charge < -0.3 is 40.3 Å². The summed E-state index contributed by atoms with van der Waals surface area (Å²) in [6, 6.07) is -0.716. The summed E-state index contributed by atoms with van der Waals surface area (Å²) in [5, 5.41) is 54.9. The van der Waals surface area contributed by atoms with Gasteiger partial charge in [0.15, 0.2) is 6.29 Å². The lowest BCUT2D eigenvalue weighted by atomic mass is 9.99. The van der Waals surface area contributed by atoms with Crippen molar-refractivity contribution in [1.82, 2.24) is 5.32 Å². The predicted molar refractivity (Wildman–Crippen MR) is 332 cm³/mol. The highest BCUT2D eigenvalue weighted by Crippen LogP contribution is 2.24. The Morgan fingerprint density at radius 1 is 0.423 bits per heavy atom. The number of carbonyl (C=O) groups excluding carboxylic acids is 1. The average Bonchev–Trinajstić information content (AvgIpc) is 3.45. The fourth-order valence-corrected chi connectivity index (χ4v) is 11.6. The number of unbranched alkanes of at least 4 members (excludes halogenated alkanes) is 50. The second-order valence-corrected chi connectivity index (χ2v) is 24.7. The van der Waals surface area contributed by atoms with E-state index < -0.39 is 49.5 Å². The van der Waals surface area contributed by atoms with Gasteiger partial charge >= 0.3 is 0 Å². The first kappa shape index (κ1) is 74.9. The van der Waals surface area contributed by atoms with Crippen molar-refractivity contribution in [2.75, 3.05) is 13.2 Å². The number of hydrogen-bond donors (Lipinski definition) is 6. The monoisotopic (exact) mass is 1110 g/mol. The second kappa shape index (κ2) is 59.1. The van der Waals surface area contributed by atoms with E-state index >= 15 is 0 Å². The van der Waals surface area contributed by atoms with Crippen molar-refractivity contribution in [2.24, 2.45) is 0 Å². The maximum absolute atomic E-state index is 13.1. The molecule has 0 bridgehead atoms. The number of aliphatic hydroxyl groups is 5. The zero-order valence-electron chi connectivity index (χ0n) is 52.0. The standard InChI is InChI=1S/C69H135NO8/c1-3-5-7-9-11-13-15-17-19-21-23-25-27-28-29-30-31-32-33-34-35-36-37-39-41-43-45-47-49-51-53-55-57-59-65(73)70-62(61-77-69-68(76)67(75)66(74)64(60-71)78-69)63(72)58-56-54-52-50-48-46-44-42-40-38-26-24-22-20-18-16-14-12-10-8-6-4-2/h21,23,62-64,66-69,71-72,74-76H,3-20,22,24-61H2,1-2H3,(H,70,73)/b23-21-. The van der Waals surface area contributed by atoms with Gasteiger partial charge in [-0.1, -0.05) is 334 Å². The molecule has 1 heterocycles. The summed E-state index contributed by atoms with van der Waals surface area (Å²) in [6.45, 7) is 3.90. The molecule has 0 aromatic carbocycles. The Balaban J connectivity index is 2.08. The van der Waals surface area contributed by atoms with E-state index in [4.69, 9.17) is 9.47 Å². The third kappa shape index (κ3) is 47.4. The molecule has 464 valence electrons. The van der Waals surface area contributed by atoms with Crippen molar-refractivity contribution in [3.05, 3.63) is 12.2 Å². The van der Waals surface area contributed by atoms with E-state index in [1.54, 1.807) is 0 Å². The van der Waals surface area contributed by atoms with Gasteiger partial charge in [0, 0.05) is 6.42 Å². The van der Waals surface area contributed by atoms with E-state index in [0.717, 1.165) is 38.5 Å². The van der Waals surface area contributed by atoms with Crippen LogP contribution in [0.2, 0.25) is 0 Å². The largest absolute Gasteiger partial charge is 0.394 e. The lowest BCUT2D eigenvalue weighted by molar-refractivity contribution is -0.302. The van der Waals surface area contributed by atoms with Gasteiger partial charge in [-0.2, -0.15) is 0 Å². The molecule has 0 aliphatic carbocycles. The molecular formula is C69H135NO8.